The summed E-state index contributed by atoms with van der Waals surface area (Å²) in [6, 6.07) is 1.62. The third-order valence-electron chi connectivity index (χ3n) is 4.99. The van der Waals surface area contributed by atoms with E-state index < -0.39 is 6.04 Å². The minimum atomic E-state index is -0.429. The highest BCUT2D eigenvalue weighted by molar-refractivity contribution is 5.82. The fourth-order valence-corrected chi connectivity index (χ4v) is 3.57. The Labute approximate surface area is 143 Å². The molecule has 2 unspecified atom stereocenters. The summed E-state index contributed by atoms with van der Waals surface area (Å²) in [5, 5.41) is 4.48. The summed E-state index contributed by atoms with van der Waals surface area (Å²) in [4.78, 5) is 14.6. The molecule has 0 radical (unpaired) electrons. The van der Waals surface area contributed by atoms with Crippen LogP contribution >= 0.6 is 0 Å². The summed E-state index contributed by atoms with van der Waals surface area (Å²) >= 11 is 0. The Morgan fingerprint density at radius 3 is 2.79 bits per heavy atom. The van der Waals surface area contributed by atoms with Gasteiger partial charge in [-0.1, -0.05) is 0 Å². The number of carbonyl (C=O) groups excluding carboxylic acids is 1. The number of hydrogen-bond acceptors (Lipinski definition) is 5. The van der Waals surface area contributed by atoms with E-state index >= 15 is 0 Å². The van der Waals surface area contributed by atoms with Gasteiger partial charge in [-0.05, 0) is 38.7 Å². The van der Waals surface area contributed by atoms with Gasteiger partial charge in [-0.2, -0.15) is 5.10 Å². The van der Waals surface area contributed by atoms with Crippen molar-refractivity contribution >= 4 is 5.91 Å². The molecule has 7 nitrogen and oxygen atoms in total. The van der Waals surface area contributed by atoms with Crippen LogP contribution < -0.4 is 5.73 Å². The SMILES string of the molecule is Cc1cc(C)n(CC2CN(C(=O)C(N)C3CCOCC3)CCO2)n1. The van der Waals surface area contributed by atoms with Gasteiger partial charge in [0, 0.05) is 32.0 Å². The molecule has 3 heterocycles. The molecule has 0 saturated carbocycles. The molecule has 2 aliphatic heterocycles. The molecule has 2 fully saturated rings. The number of nitrogens with two attached hydrogens (primary N) is 1. The monoisotopic (exact) mass is 336 g/mol. The number of morpholine rings is 1. The van der Waals surface area contributed by atoms with Crippen molar-refractivity contribution in [1.82, 2.24) is 14.7 Å². The van der Waals surface area contributed by atoms with Crippen LogP contribution in [-0.4, -0.2) is 65.6 Å². The van der Waals surface area contributed by atoms with E-state index in [0.717, 1.165) is 24.2 Å². The van der Waals surface area contributed by atoms with Gasteiger partial charge in [0.2, 0.25) is 5.91 Å². The van der Waals surface area contributed by atoms with Crippen molar-refractivity contribution in [2.45, 2.75) is 45.4 Å². The molecule has 0 aliphatic carbocycles. The predicted octanol–water partition coefficient (Wildman–Crippen LogP) is 0.481. The second-order valence-electron chi connectivity index (χ2n) is 6.86. The van der Waals surface area contributed by atoms with Crippen LogP contribution in [0.3, 0.4) is 0 Å². The first kappa shape index (κ1) is 17.4. The van der Waals surface area contributed by atoms with Crippen molar-refractivity contribution in [3.05, 3.63) is 17.5 Å². The molecule has 0 aromatic carbocycles. The lowest BCUT2D eigenvalue weighted by atomic mass is 9.91. The summed E-state index contributed by atoms with van der Waals surface area (Å²) in [6.07, 6.45) is 1.70. The molecule has 1 amide bonds. The van der Waals surface area contributed by atoms with Gasteiger partial charge in [-0.25, -0.2) is 0 Å². The van der Waals surface area contributed by atoms with Gasteiger partial charge in [0.25, 0.3) is 0 Å². The highest BCUT2D eigenvalue weighted by Gasteiger charge is 2.32. The zero-order valence-electron chi connectivity index (χ0n) is 14.6. The van der Waals surface area contributed by atoms with Crippen molar-refractivity contribution < 1.29 is 14.3 Å². The minimum absolute atomic E-state index is 0.0393. The largest absolute Gasteiger partial charge is 0.381 e. The van der Waals surface area contributed by atoms with Gasteiger partial charge in [0.1, 0.15) is 0 Å². The maximum Gasteiger partial charge on any atom is 0.239 e. The molecular weight excluding hydrogens is 308 g/mol. The Bertz CT molecular complexity index is 568. The molecule has 2 atom stereocenters. The van der Waals surface area contributed by atoms with Gasteiger partial charge in [0.05, 0.1) is 31.0 Å². The first-order chi connectivity index (χ1) is 11.5. The van der Waals surface area contributed by atoms with Crippen LogP contribution in [0, 0.1) is 19.8 Å². The van der Waals surface area contributed by atoms with Gasteiger partial charge in [-0.15, -0.1) is 0 Å². The maximum absolute atomic E-state index is 12.7. The molecule has 0 spiro atoms. The zero-order valence-corrected chi connectivity index (χ0v) is 14.6. The smallest absolute Gasteiger partial charge is 0.239 e. The molecule has 2 N–H and O–H groups in total. The van der Waals surface area contributed by atoms with E-state index in [2.05, 4.69) is 5.10 Å². The lowest BCUT2D eigenvalue weighted by molar-refractivity contribution is -0.142. The van der Waals surface area contributed by atoms with E-state index in [1.165, 1.54) is 0 Å². The van der Waals surface area contributed by atoms with Crippen LogP contribution in [0.4, 0.5) is 0 Å². The van der Waals surface area contributed by atoms with Crippen LogP contribution in [0.5, 0.6) is 0 Å². The molecular formula is C17H28N4O3. The lowest BCUT2D eigenvalue weighted by Gasteiger charge is -2.36. The van der Waals surface area contributed by atoms with Gasteiger partial charge >= 0.3 is 0 Å². The van der Waals surface area contributed by atoms with E-state index in [-0.39, 0.29) is 17.9 Å². The highest BCUT2D eigenvalue weighted by Crippen LogP contribution is 2.20. The molecule has 1 aromatic rings. The highest BCUT2D eigenvalue weighted by atomic mass is 16.5. The minimum Gasteiger partial charge on any atom is -0.381 e. The fraction of sp³-hybridized carbons (Fsp3) is 0.765. The van der Waals surface area contributed by atoms with Crippen molar-refractivity contribution in [1.29, 1.82) is 0 Å². The fourth-order valence-electron chi connectivity index (χ4n) is 3.57. The number of amides is 1. The van der Waals surface area contributed by atoms with Crippen LogP contribution in [0.2, 0.25) is 0 Å². The van der Waals surface area contributed by atoms with E-state index in [4.69, 9.17) is 15.2 Å². The Kier molecular flexibility index (Phi) is 5.53. The third-order valence-corrected chi connectivity index (χ3v) is 4.99. The van der Waals surface area contributed by atoms with Crippen LogP contribution in [0.1, 0.15) is 24.2 Å². The lowest BCUT2D eigenvalue weighted by Crippen LogP contribution is -2.54. The average Bonchev–Trinajstić information content (AvgIpc) is 2.92. The van der Waals surface area contributed by atoms with Gasteiger partial charge in [0.15, 0.2) is 0 Å². The Hall–Kier alpha value is -1.44. The topological polar surface area (TPSA) is 82.6 Å². The molecule has 3 rings (SSSR count). The second-order valence-corrected chi connectivity index (χ2v) is 6.86. The third kappa shape index (κ3) is 3.96. The average molecular weight is 336 g/mol. The molecule has 24 heavy (non-hydrogen) atoms. The number of rotatable bonds is 4. The van der Waals surface area contributed by atoms with Crippen molar-refractivity contribution in [3.63, 3.8) is 0 Å². The number of ether oxygens (including phenoxy) is 2. The van der Waals surface area contributed by atoms with Crippen molar-refractivity contribution in [2.75, 3.05) is 32.9 Å². The van der Waals surface area contributed by atoms with Crippen LogP contribution in [0.15, 0.2) is 6.07 Å². The predicted molar refractivity (Wildman–Crippen MR) is 89.5 cm³/mol. The molecule has 2 aliphatic rings. The summed E-state index contributed by atoms with van der Waals surface area (Å²) in [5.74, 6) is 0.270. The summed E-state index contributed by atoms with van der Waals surface area (Å²) < 4.78 is 13.1. The maximum atomic E-state index is 12.7. The van der Waals surface area contributed by atoms with Gasteiger partial charge < -0.3 is 20.1 Å². The normalized spacial score (nSPS) is 24.1. The Morgan fingerprint density at radius 1 is 1.38 bits per heavy atom. The summed E-state index contributed by atoms with van der Waals surface area (Å²) in [6.45, 7) is 7.83. The molecule has 7 heteroatoms. The van der Waals surface area contributed by atoms with Crippen molar-refractivity contribution in [2.24, 2.45) is 11.7 Å². The van der Waals surface area contributed by atoms with E-state index in [0.29, 0.717) is 39.5 Å². The first-order valence-electron chi connectivity index (χ1n) is 8.79. The number of nitrogens with zero attached hydrogens (tertiary/aromatic N) is 3. The Morgan fingerprint density at radius 2 is 2.12 bits per heavy atom. The summed E-state index contributed by atoms with van der Waals surface area (Å²) in [7, 11) is 0. The van der Waals surface area contributed by atoms with Crippen molar-refractivity contribution in [3.8, 4) is 0 Å². The van der Waals surface area contributed by atoms with E-state index in [9.17, 15) is 4.79 Å². The number of aryl methyl sites for hydroxylation is 2. The molecule has 0 bridgehead atoms. The number of hydrogen-bond donors (Lipinski definition) is 1. The molecule has 134 valence electrons. The quantitative estimate of drug-likeness (QED) is 0.865. The van der Waals surface area contributed by atoms with Crippen LogP contribution in [-0.2, 0) is 20.8 Å². The second kappa shape index (κ2) is 7.63. The molecule has 2 saturated heterocycles. The van der Waals surface area contributed by atoms with Crippen LogP contribution in [0.25, 0.3) is 0 Å². The first-order valence-corrected chi connectivity index (χ1v) is 8.79. The summed E-state index contributed by atoms with van der Waals surface area (Å²) in [5.41, 5.74) is 8.35. The van der Waals surface area contributed by atoms with E-state index in [1.54, 1.807) is 0 Å². The Balaban J connectivity index is 1.58. The number of carbonyl (C=O) groups is 1. The standard InChI is InChI=1S/C17H28N4O3/c1-12-9-13(2)21(19-12)11-15-10-20(5-8-24-15)17(22)16(18)14-3-6-23-7-4-14/h9,14-16H,3-8,10-11,18H2,1-2H3. The molecule has 1 aromatic heterocycles. The number of aromatic nitrogens is 2. The zero-order chi connectivity index (χ0) is 17.1. The van der Waals surface area contributed by atoms with Gasteiger partial charge in [-0.3, -0.25) is 9.48 Å². The van der Waals surface area contributed by atoms with E-state index in [1.807, 2.05) is 29.5 Å².